The molecule has 0 aromatic carbocycles. The summed E-state index contributed by atoms with van der Waals surface area (Å²) in [6, 6.07) is 0. The maximum Gasteiger partial charge on any atom is 0.109 e. The van der Waals surface area contributed by atoms with Crippen LogP contribution in [0, 0.1) is 12.3 Å². The maximum atomic E-state index is 4.94. The average Bonchev–Trinajstić information content (AvgIpc) is 1.89. The Morgan fingerprint density at radius 1 is 1.67 bits per heavy atom. The van der Waals surface area contributed by atoms with Gasteiger partial charge in [-0.1, -0.05) is 12.8 Å². The van der Waals surface area contributed by atoms with Crippen LogP contribution in [0.15, 0.2) is 0 Å². The molecule has 0 saturated carbocycles. The Morgan fingerprint density at radius 2 is 2.44 bits per heavy atom. The van der Waals surface area contributed by atoms with E-state index in [1.807, 2.05) is 0 Å². The maximum absolute atomic E-state index is 4.94. The summed E-state index contributed by atoms with van der Waals surface area (Å²) in [6.07, 6.45) is 6.06. The van der Waals surface area contributed by atoms with Gasteiger partial charge in [-0.05, 0) is 13.0 Å². The van der Waals surface area contributed by atoms with Crippen molar-refractivity contribution >= 4 is 0 Å². The van der Waals surface area contributed by atoms with E-state index in [9.17, 15) is 0 Å². The smallest absolute Gasteiger partial charge is 0.109 e. The molecule has 9 heavy (non-hydrogen) atoms. The van der Waals surface area contributed by atoms with E-state index in [4.69, 9.17) is 11.2 Å². The molecular weight excluding hydrogens is 114 g/mol. The highest BCUT2D eigenvalue weighted by molar-refractivity contribution is 4.82. The summed E-state index contributed by atoms with van der Waals surface area (Å²) in [5.74, 6) is 2.38. The first-order chi connectivity index (χ1) is 4.41. The molecule has 0 radical (unpaired) electrons. The second-order valence-electron chi connectivity index (χ2n) is 1.70. The molecule has 0 aliphatic heterocycles. The van der Waals surface area contributed by atoms with E-state index in [2.05, 4.69) is 18.2 Å². The molecule has 52 valence electrons. The number of hydrogen-bond acceptors (Lipinski definition) is 2. The number of terminal acetylenes is 1. The van der Waals surface area contributed by atoms with Gasteiger partial charge in [0.2, 0.25) is 0 Å². The highest BCUT2D eigenvalue weighted by atomic mass is 16.5. The summed E-state index contributed by atoms with van der Waals surface area (Å²) in [6.45, 7) is 4.06. The van der Waals surface area contributed by atoms with Crippen LogP contribution in [0.1, 0.15) is 13.3 Å². The van der Waals surface area contributed by atoms with E-state index < -0.39 is 0 Å². The molecule has 0 bridgehead atoms. The molecule has 0 heterocycles. The Bertz CT molecular complexity index is 85.4. The lowest BCUT2D eigenvalue weighted by Gasteiger charge is -1.99. The van der Waals surface area contributed by atoms with Gasteiger partial charge in [0.1, 0.15) is 6.61 Å². The first-order valence-corrected chi connectivity index (χ1v) is 3.13. The zero-order chi connectivity index (χ0) is 6.95. The Morgan fingerprint density at radius 3 is 3.00 bits per heavy atom. The lowest BCUT2D eigenvalue weighted by molar-refractivity contribution is 0.147. The van der Waals surface area contributed by atoms with Crippen molar-refractivity contribution < 1.29 is 4.74 Å². The molecular formula is C7H13NO. The third kappa shape index (κ3) is 7.48. The number of hydrogen-bond donors (Lipinski definition) is 1. The minimum absolute atomic E-state index is 0.400. The first kappa shape index (κ1) is 8.48. The zero-order valence-corrected chi connectivity index (χ0v) is 5.81. The Balaban J connectivity index is 2.69. The minimum atomic E-state index is 0.400. The van der Waals surface area contributed by atoms with Crippen LogP contribution in [0.3, 0.4) is 0 Å². The van der Waals surface area contributed by atoms with Crippen LogP contribution in [0.5, 0.6) is 0 Å². The Kier molecular flexibility index (Phi) is 7.05. The van der Waals surface area contributed by atoms with Crippen LogP contribution in [0.4, 0.5) is 0 Å². The van der Waals surface area contributed by atoms with E-state index in [0.29, 0.717) is 13.3 Å². The quantitative estimate of drug-likeness (QED) is 0.331. The van der Waals surface area contributed by atoms with Gasteiger partial charge in [0.05, 0.1) is 6.73 Å². The van der Waals surface area contributed by atoms with Crippen molar-refractivity contribution in [3.05, 3.63) is 0 Å². The second-order valence-corrected chi connectivity index (χ2v) is 1.70. The van der Waals surface area contributed by atoms with Crippen molar-refractivity contribution in [2.45, 2.75) is 13.3 Å². The molecule has 2 nitrogen and oxygen atoms in total. The van der Waals surface area contributed by atoms with Crippen molar-refractivity contribution in [3.63, 3.8) is 0 Å². The van der Waals surface area contributed by atoms with Gasteiger partial charge in [0.15, 0.2) is 0 Å². The van der Waals surface area contributed by atoms with Crippen molar-refractivity contribution in [1.82, 2.24) is 5.32 Å². The van der Waals surface area contributed by atoms with Crippen molar-refractivity contribution in [2.75, 3.05) is 19.9 Å². The number of rotatable bonds is 5. The van der Waals surface area contributed by atoms with E-state index in [-0.39, 0.29) is 0 Å². The predicted octanol–water partition coefficient (Wildman–Crippen LogP) is 0.593. The number of ether oxygens (including phenoxy) is 1. The van der Waals surface area contributed by atoms with Crippen molar-refractivity contribution in [3.8, 4) is 12.3 Å². The average molecular weight is 127 g/mol. The zero-order valence-electron chi connectivity index (χ0n) is 5.81. The molecule has 0 aromatic rings. The van der Waals surface area contributed by atoms with Crippen LogP contribution in [0.25, 0.3) is 0 Å². The molecule has 0 aliphatic carbocycles. The molecule has 0 atom stereocenters. The van der Waals surface area contributed by atoms with E-state index >= 15 is 0 Å². The summed E-state index contributed by atoms with van der Waals surface area (Å²) in [5, 5.41) is 3.05. The molecule has 0 rings (SSSR count). The monoisotopic (exact) mass is 127 g/mol. The van der Waals surface area contributed by atoms with Crippen LogP contribution in [-0.4, -0.2) is 19.9 Å². The first-order valence-electron chi connectivity index (χ1n) is 3.13. The molecule has 0 amide bonds. The fourth-order valence-corrected chi connectivity index (χ4v) is 0.431. The minimum Gasteiger partial charge on any atom is -0.354 e. The molecule has 1 N–H and O–H groups in total. The largest absolute Gasteiger partial charge is 0.354 e. The molecule has 0 unspecified atom stereocenters. The Hall–Kier alpha value is -0.520. The molecule has 2 heteroatoms. The van der Waals surface area contributed by atoms with Gasteiger partial charge in [0.25, 0.3) is 0 Å². The van der Waals surface area contributed by atoms with E-state index in [1.54, 1.807) is 0 Å². The summed E-state index contributed by atoms with van der Waals surface area (Å²) in [4.78, 5) is 0. The fraction of sp³-hybridized carbons (Fsp3) is 0.714. The van der Waals surface area contributed by atoms with Gasteiger partial charge < -0.3 is 4.74 Å². The van der Waals surface area contributed by atoms with Gasteiger partial charge in [-0.25, -0.2) is 0 Å². The van der Waals surface area contributed by atoms with Gasteiger partial charge >= 0.3 is 0 Å². The third-order valence-corrected chi connectivity index (χ3v) is 0.816. The lowest BCUT2D eigenvalue weighted by atomic mass is 10.5. The van der Waals surface area contributed by atoms with Gasteiger partial charge in [0, 0.05) is 0 Å². The van der Waals surface area contributed by atoms with Crippen LogP contribution in [0.2, 0.25) is 0 Å². The second kappa shape index (κ2) is 7.48. The molecule has 0 aromatic heterocycles. The van der Waals surface area contributed by atoms with E-state index in [1.165, 1.54) is 0 Å². The summed E-state index contributed by atoms with van der Waals surface area (Å²) >= 11 is 0. The summed E-state index contributed by atoms with van der Waals surface area (Å²) < 4.78 is 4.94. The molecule has 0 spiro atoms. The summed E-state index contributed by atoms with van der Waals surface area (Å²) in [7, 11) is 0. The van der Waals surface area contributed by atoms with Gasteiger partial charge in [-0.15, -0.1) is 6.42 Å². The van der Waals surface area contributed by atoms with Crippen LogP contribution in [-0.2, 0) is 4.74 Å². The fourth-order valence-electron chi connectivity index (χ4n) is 0.431. The molecule has 0 fully saturated rings. The van der Waals surface area contributed by atoms with E-state index in [0.717, 1.165) is 13.0 Å². The van der Waals surface area contributed by atoms with Crippen molar-refractivity contribution in [1.29, 1.82) is 0 Å². The SMILES string of the molecule is C#CCOCNCCC. The normalized spacial score (nSPS) is 8.89. The third-order valence-electron chi connectivity index (χ3n) is 0.816. The predicted molar refractivity (Wildman–Crippen MR) is 37.9 cm³/mol. The van der Waals surface area contributed by atoms with Crippen LogP contribution < -0.4 is 5.32 Å². The van der Waals surface area contributed by atoms with Gasteiger partial charge in [-0.3, -0.25) is 5.32 Å². The highest BCUT2D eigenvalue weighted by Crippen LogP contribution is 1.70. The summed E-state index contributed by atoms with van der Waals surface area (Å²) in [5.41, 5.74) is 0. The molecule has 0 saturated heterocycles. The highest BCUT2D eigenvalue weighted by Gasteiger charge is 1.80. The molecule has 0 aliphatic rings. The standard InChI is InChI=1S/C7H13NO/c1-3-5-8-7-9-6-4-2/h2,8H,3,5-7H2,1H3. The topological polar surface area (TPSA) is 21.3 Å². The van der Waals surface area contributed by atoms with Crippen molar-refractivity contribution in [2.24, 2.45) is 0 Å². The van der Waals surface area contributed by atoms with Gasteiger partial charge in [-0.2, -0.15) is 0 Å². The lowest BCUT2D eigenvalue weighted by Crippen LogP contribution is -2.18. The van der Waals surface area contributed by atoms with Crippen LogP contribution >= 0.6 is 0 Å². The number of nitrogens with one attached hydrogen (secondary N) is 1. The Labute approximate surface area is 56.6 Å².